The van der Waals surface area contributed by atoms with Crippen LogP contribution in [-0.2, 0) is 6.42 Å². The fourth-order valence-corrected chi connectivity index (χ4v) is 2.15. The summed E-state index contributed by atoms with van der Waals surface area (Å²) in [5.74, 6) is 1.62. The van der Waals surface area contributed by atoms with Gasteiger partial charge in [-0.1, -0.05) is 38.1 Å². The van der Waals surface area contributed by atoms with Gasteiger partial charge in [0.05, 0.1) is 0 Å². The van der Waals surface area contributed by atoms with Gasteiger partial charge in [0.2, 0.25) is 0 Å². The maximum atomic E-state index is 2.36. The molecule has 1 aromatic rings. The van der Waals surface area contributed by atoms with Crippen LogP contribution in [0.25, 0.3) is 0 Å². The van der Waals surface area contributed by atoms with Gasteiger partial charge in [-0.25, -0.2) is 0 Å². The maximum absolute atomic E-state index is 2.36. The monoisotopic (exact) mass is 160 g/mol. The van der Waals surface area contributed by atoms with E-state index in [2.05, 4.69) is 38.1 Å². The van der Waals surface area contributed by atoms with Crippen LogP contribution in [0, 0.1) is 5.92 Å². The Labute approximate surface area is 74.6 Å². The molecule has 1 aliphatic carbocycles. The van der Waals surface area contributed by atoms with Crippen LogP contribution in [-0.4, -0.2) is 0 Å². The number of hydrogen-bond acceptors (Lipinski definition) is 0. The maximum Gasteiger partial charge on any atom is -0.0162 e. The van der Waals surface area contributed by atoms with E-state index in [4.69, 9.17) is 0 Å². The third-order valence-electron chi connectivity index (χ3n) is 3.27. The summed E-state index contributed by atoms with van der Waals surface area (Å²) in [5, 5.41) is 0. The standard InChI is InChI=1S/C12H16/c1-9-7-8-11-5-3-4-6-12(11)10(9)2/h3-6,9-10H,7-8H2,1-2H3/t9-,10-/m0/s1. The molecular formula is C12H16. The summed E-state index contributed by atoms with van der Waals surface area (Å²) in [4.78, 5) is 0. The number of fused-ring (bicyclic) bond motifs is 1. The van der Waals surface area contributed by atoms with Crippen LogP contribution in [0.5, 0.6) is 0 Å². The van der Waals surface area contributed by atoms with E-state index in [1.54, 1.807) is 11.1 Å². The van der Waals surface area contributed by atoms with Gasteiger partial charge in [-0.15, -0.1) is 0 Å². The number of aryl methyl sites for hydroxylation is 1. The predicted molar refractivity (Wildman–Crippen MR) is 52.3 cm³/mol. The lowest BCUT2D eigenvalue weighted by Crippen LogP contribution is -2.15. The van der Waals surface area contributed by atoms with Crippen molar-refractivity contribution in [3.8, 4) is 0 Å². The van der Waals surface area contributed by atoms with Gasteiger partial charge in [-0.3, -0.25) is 0 Å². The van der Waals surface area contributed by atoms with Gasteiger partial charge in [0.1, 0.15) is 0 Å². The van der Waals surface area contributed by atoms with E-state index in [0.717, 1.165) is 11.8 Å². The van der Waals surface area contributed by atoms with Crippen LogP contribution >= 0.6 is 0 Å². The molecule has 64 valence electrons. The Morgan fingerprint density at radius 3 is 2.75 bits per heavy atom. The minimum atomic E-state index is 0.759. The third kappa shape index (κ3) is 1.16. The molecule has 0 N–H and O–H groups in total. The molecular weight excluding hydrogens is 144 g/mol. The molecule has 0 saturated carbocycles. The minimum absolute atomic E-state index is 0.759. The number of rotatable bonds is 0. The lowest BCUT2D eigenvalue weighted by molar-refractivity contribution is 0.426. The Kier molecular flexibility index (Phi) is 1.92. The van der Waals surface area contributed by atoms with Crippen LogP contribution in [0.2, 0.25) is 0 Å². The molecule has 1 aromatic carbocycles. The predicted octanol–water partition coefficient (Wildman–Crippen LogP) is 3.37. The van der Waals surface area contributed by atoms with Crippen molar-refractivity contribution in [1.82, 2.24) is 0 Å². The quantitative estimate of drug-likeness (QED) is 0.546. The van der Waals surface area contributed by atoms with Gasteiger partial charge in [0.15, 0.2) is 0 Å². The first-order chi connectivity index (χ1) is 5.79. The lowest BCUT2D eigenvalue weighted by atomic mass is 9.77. The zero-order chi connectivity index (χ0) is 8.55. The topological polar surface area (TPSA) is 0 Å². The molecule has 0 fully saturated rings. The molecule has 0 bridgehead atoms. The van der Waals surface area contributed by atoms with Crippen molar-refractivity contribution in [2.45, 2.75) is 32.6 Å². The van der Waals surface area contributed by atoms with E-state index in [1.165, 1.54) is 12.8 Å². The van der Waals surface area contributed by atoms with E-state index >= 15 is 0 Å². The van der Waals surface area contributed by atoms with E-state index in [9.17, 15) is 0 Å². The highest BCUT2D eigenvalue weighted by atomic mass is 14.3. The van der Waals surface area contributed by atoms with Crippen molar-refractivity contribution in [3.05, 3.63) is 35.4 Å². The Morgan fingerprint density at radius 2 is 1.92 bits per heavy atom. The SMILES string of the molecule is C[C@@H]1c2ccccc2CC[C@@H]1C. The van der Waals surface area contributed by atoms with Crippen LogP contribution in [0.3, 0.4) is 0 Å². The normalized spacial score (nSPS) is 28.2. The second kappa shape index (κ2) is 2.93. The van der Waals surface area contributed by atoms with Crippen molar-refractivity contribution in [1.29, 1.82) is 0 Å². The fraction of sp³-hybridized carbons (Fsp3) is 0.500. The Bertz CT molecular complexity index is 275. The van der Waals surface area contributed by atoms with Gasteiger partial charge in [-0.2, -0.15) is 0 Å². The van der Waals surface area contributed by atoms with Crippen LogP contribution in [0.4, 0.5) is 0 Å². The minimum Gasteiger partial charge on any atom is -0.0620 e. The summed E-state index contributed by atoms with van der Waals surface area (Å²) in [6, 6.07) is 8.88. The highest BCUT2D eigenvalue weighted by Crippen LogP contribution is 2.34. The molecule has 0 spiro atoms. The molecule has 0 nitrogen and oxygen atoms in total. The van der Waals surface area contributed by atoms with Crippen molar-refractivity contribution in [2.24, 2.45) is 5.92 Å². The Hall–Kier alpha value is -0.780. The van der Waals surface area contributed by atoms with Crippen molar-refractivity contribution in [2.75, 3.05) is 0 Å². The van der Waals surface area contributed by atoms with Crippen molar-refractivity contribution < 1.29 is 0 Å². The molecule has 12 heavy (non-hydrogen) atoms. The van der Waals surface area contributed by atoms with Crippen molar-refractivity contribution in [3.63, 3.8) is 0 Å². The molecule has 2 atom stereocenters. The molecule has 0 unspecified atom stereocenters. The summed E-state index contributed by atoms with van der Waals surface area (Å²) in [5.41, 5.74) is 3.15. The van der Waals surface area contributed by atoms with E-state index in [0.29, 0.717) is 0 Å². The van der Waals surface area contributed by atoms with Gasteiger partial charge in [-0.05, 0) is 35.8 Å². The van der Waals surface area contributed by atoms with Gasteiger partial charge >= 0.3 is 0 Å². The lowest BCUT2D eigenvalue weighted by Gasteiger charge is -2.28. The number of benzene rings is 1. The summed E-state index contributed by atoms with van der Waals surface area (Å²) in [6.07, 6.45) is 2.64. The smallest absolute Gasteiger partial charge is 0.0162 e. The Balaban J connectivity index is 2.42. The molecule has 0 amide bonds. The molecule has 0 aliphatic heterocycles. The Morgan fingerprint density at radius 1 is 1.17 bits per heavy atom. The van der Waals surface area contributed by atoms with Gasteiger partial charge < -0.3 is 0 Å². The second-order valence-corrected chi connectivity index (χ2v) is 4.00. The van der Waals surface area contributed by atoms with Crippen molar-refractivity contribution >= 4 is 0 Å². The second-order valence-electron chi connectivity index (χ2n) is 4.00. The van der Waals surface area contributed by atoms with Crippen LogP contribution in [0.1, 0.15) is 37.3 Å². The zero-order valence-corrected chi connectivity index (χ0v) is 7.88. The molecule has 2 rings (SSSR count). The average molecular weight is 160 g/mol. The molecule has 1 aliphatic rings. The molecule has 0 aromatic heterocycles. The molecule has 0 heteroatoms. The molecule has 0 radical (unpaired) electrons. The molecule has 0 saturated heterocycles. The van der Waals surface area contributed by atoms with Gasteiger partial charge in [0, 0.05) is 0 Å². The summed E-state index contributed by atoms with van der Waals surface area (Å²) >= 11 is 0. The summed E-state index contributed by atoms with van der Waals surface area (Å²) in [6.45, 7) is 4.71. The van der Waals surface area contributed by atoms with E-state index in [-0.39, 0.29) is 0 Å². The summed E-state index contributed by atoms with van der Waals surface area (Å²) in [7, 11) is 0. The average Bonchev–Trinajstić information content (AvgIpc) is 2.12. The van der Waals surface area contributed by atoms with Crippen LogP contribution in [0.15, 0.2) is 24.3 Å². The largest absolute Gasteiger partial charge is 0.0620 e. The fourth-order valence-electron chi connectivity index (χ4n) is 2.15. The zero-order valence-electron chi connectivity index (χ0n) is 7.88. The van der Waals surface area contributed by atoms with E-state index < -0.39 is 0 Å². The first kappa shape index (κ1) is 7.85. The first-order valence-corrected chi connectivity index (χ1v) is 4.87. The van der Waals surface area contributed by atoms with E-state index in [1.807, 2.05) is 0 Å². The molecule has 0 heterocycles. The third-order valence-corrected chi connectivity index (χ3v) is 3.27. The van der Waals surface area contributed by atoms with Crippen LogP contribution < -0.4 is 0 Å². The summed E-state index contributed by atoms with van der Waals surface area (Å²) < 4.78 is 0. The number of hydrogen-bond donors (Lipinski definition) is 0. The highest BCUT2D eigenvalue weighted by molar-refractivity contribution is 5.32. The van der Waals surface area contributed by atoms with Gasteiger partial charge in [0.25, 0.3) is 0 Å². The first-order valence-electron chi connectivity index (χ1n) is 4.87. The highest BCUT2D eigenvalue weighted by Gasteiger charge is 2.21.